The average molecular weight is 419 g/mol. The zero-order valence-corrected chi connectivity index (χ0v) is 18.3. The van der Waals surface area contributed by atoms with Gasteiger partial charge in [0.1, 0.15) is 0 Å². The molecular weight excluding hydrogens is 388 g/mol. The van der Waals surface area contributed by atoms with Crippen LogP contribution in [0.4, 0.5) is 5.82 Å². The molecule has 7 nitrogen and oxygen atoms in total. The van der Waals surface area contributed by atoms with Crippen LogP contribution in [0.1, 0.15) is 68.9 Å². The van der Waals surface area contributed by atoms with E-state index in [0.29, 0.717) is 11.4 Å². The number of aromatic amines is 1. The minimum Gasteiger partial charge on any atom is -0.305 e. The van der Waals surface area contributed by atoms with E-state index in [1.54, 1.807) is 13.1 Å². The van der Waals surface area contributed by atoms with Gasteiger partial charge in [0.2, 0.25) is 10.0 Å². The second-order valence-electron chi connectivity index (χ2n) is 8.71. The van der Waals surface area contributed by atoms with Crippen LogP contribution in [0, 0.1) is 0 Å². The summed E-state index contributed by atoms with van der Waals surface area (Å²) in [6, 6.07) is 7.91. The minimum atomic E-state index is -3.57. The van der Waals surface area contributed by atoms with Crippen molar-refractivity contribution >= 4 is 21.7 Å². The Labute approximate surface area is 172 Å². The first-order valence-corrected chi connectivity index (χ1v) is 11.5. The minimum absolute atomic E-state index is 0.0494. The van der Waals surface area contributed by atoms with Gasteiger partial charge in [0, 0.05) is 35.8 Å². The summed E-state index contributed by atoms with van der Waals surface area (Å²) in [5.74, 6) is 0.107. The van der Waals surface area contributed by atoms with Gasteiger partial charge in [0.05, 0.1) is 4.90 Å². The fraction of sp³-hybridized carbons (Fsp3) is 0.524. The number of anilines is 1. The number of benzene rings is 1. The van der Waals surface area contributed by atoms with E-state index in [9.17, 15) is 13.2 Å². The SMILES string of the molecule is CN(C1CCCCC1)S(=O)(=O)c1ccc(C(=O)Nc2cc(C(C)(C)C)[nH]n2)cc1. The van der Waals surface area contributed by atoms with E-state index >= 15 is 0 Å². The van der Waals surface area contributed by atoms with Gasteiger partial charge in [-0.1, -0.05) is 40.0 Å². The number of amides is 1. The second-order valence-corrected chi connectivity index (χ2v) is 10.7. The Bertz CT molecular complexity index is 953. The predicted octanol–water partition coefficient (Wildman–Crippen LogP) is 3.91. The monoisotopic (exact) mass is 418 g/mol. The van der Waals surface area contributed by atoms with Gasteiger partial charge in [0.15, 0.2) is 5.82 Å². The first-order chi connectivity index (χ1) is 13.6. The van der Waals surface area contributed by atoms with Crippen molar-refractivity contribution in [3.8, 4) is 0 Å². The number of hydrogen-bond acceptors (Lipinski definition) is 4. The molecule has 1 aliphatic rings. The molecular formula is C21H30N4O3S. The first kappa shape index (κ1) is 21.5. The molecule has 2 N–H and O–H groups in total. The van der Waals surface area contributed by atoms with E-state index in [4.69, 9.17) is 0 Å². The number of aromatic nitrogens is 2. The highest BCUT2D eigenvalue weighted by molar-refractivity contribution is 7.89. The highest BCUT2D eigenvalue weighted by Gasteiger charge is 2.29. The molecule has 0 spiro atoms. The van der Waals surface area contributed by atoms with Crippen LogP contribution in [0.2, 0.25) is 0 Å². The van der Waals surface area contributed by atoms with Crippen molar-refractivity contribution in [2.75, 3.05) is 12.4 Å². The molecule has 8 heteroatoms. The molecule has 158 valence electrons. The summed E-state index contributed by atoms with van der Waals surface area (Å²) >= 11 is 0. The van der Waals surface area contributed by atoms with Crippen molar-refractivity contribution in [2.24, 2.45) is 0 Å². The number of hydrogen-bond donors (Lipinski definition) is 2. The summed E-state index contributed by atoms with van der Waals surface area (Å²) < 4.78 is 27.3. The molecule has 29 heavy (non-hydrogen) atoms. The lowest BCUT2D eigenvalue weighted by Crippen LogP contribution is -2.38. The summed E-state index contributed by atoms with van der Waals surface area (Å²) in [5.41, 5.74) is 1.20. The van der Waals surface area contributed by atoms with Gasteiger partial charge in [-0.15, -0.1) is 0 Å². The lowest BCUT2D eigenvalue weighted by molar-refractivity contribution is 0.102. The Morgan fingerprint density at radius 2 is 1.76 bits per heavy atom. The van der Waals surface area contributed by atoms with Gasteiger partial charge in [-0.25, -0.2) is 8.42 Å². The highest BCUT2D eigenvalue weighted by atomic mass is 32.2. The third-order valence-electron chi connectivity index (χ3n) is 5.51. The van der Waals surface area contributed by atoms with E-state index in [0.717, 1.165) is 31.4 Å². The number of nitrogens with zero attached hydrogens (tertiary/aromatic N) is 2. The van der Waals surface area contributed by atoms with Gasteiger partial charge >= 0.3 is 0 Å². The van der Waals surface area contributed by atoms with Crippen molar-refractivity contribution in [1.82, 2.24) is 14.5 Å². The van der Waals surface area contributed by atoms with Crippen molar-refractivity contribution in [3.63, 3.8) is 0 Å². The normalized spacial score (nSPS) is 16.2. The molecule has 0 aliphatic heterocycles. The molecule has 1 aromatic carbocycles. The molecule has 1 fully saturated rings. The zero-order chi connectivity index (χ0) is 21.2. The third-order valence-corrected chi connectivity index (χ3v) is 7.43. The Balaban J connectivity index is 1.70. The number of rotatable bonds is 5. The van der Waals surface area contributed by atoms with Crippen LogP contribution < -0.4 is 5.32 Å². The van der Waals surface area contributed by atoms with Crippen LogP contribution >= 0.6 is 0 Å². The molecule has 1 amide bonds. The van der Waals surface area contributed by atoms with Crippen LogP contribution in [0.25, 0.3) is 0 Å². The summed E-state index contributed by atoms with van der Waals surface area (Å²) in [5, 5.41) is 9.79. The Hall–Kier alpha value is -2.19. The average Bonchev–Trinajstić information content (AvgIpc) is 3.17. The first-order valence-electron chi connectivity index (χ1n) is 10.0. The maximum absolute atomic E-state index is 12.9. The van der Waals surface area contributed by atoms with Crippen molar-refractivity contribution < 1.29 is 13.2 Å². The highest BCUT2D eigenvalue weighted by Crippen LogP contribution is 2.27. The quantitative estimate of drug-likeness (QED) is 0.769. The van der Waals surface area contributed by atoms with Gasteiger partial charge in [-0.2, -0.15) is 9.40 Å². The van der Waals surface area contributed by atoms with E-state index in [1.807, 2.05) is 0 Å². The topological polar surface area (TPSA) is 95.2 Å². The van der Waals surface area contributed by atoms with Crippen LogP contribution in [-0.2, 0) is 15.4 Å². The van der Waals surface area contributed by atoms with Gasteiger partial charge in [-0.3, -0.25) is 9.89 Å². The molecule has 3 rings (SSSR count). The lowest BCUT2D eigenvalue weighted by Gasteiger charge is -2.30. The molecule has 1 heterocycles. The van der Waals surface area contributed by atoms with Crippen molar-refractivity contribution in [3.05, 3.63) is 41.6 Å². The summed E-state index contributed by atoms with van der Waals surface area (Å²) in [4.78, 5) is 12.7. The number of carbonyl (C=O) groups is 1. The van der Waals surface area contributed by atoms with Gasteiger partial charge in [-0.05, 0) is 37.1 Å². The van der Waals surface area contributed by atoms with Crippen LogP contribution in [0.15, 0.2) is 35.2 Å². The number of nitrogens with one attached hydrogen (secondary N) is 2. The Morgan fingerprint density at radius 3 is 2.31 bits per heavy atom. The Morgan fingerprint density at radius 1 is 1.14 bits per heavy atom. The summed E-state index contributed by atoms with van der Waals surface area (Å²) in [6.07, 6.45) is 5.09. The molecule has 0 unspecified atom stereocenters. The molecule has 1 saturated carbocycles. The van der Waals surface area contributed by atoms with Crippen molar-refractivity contribution in [1.29, 1.82) is 0 Å². The van der Waals surface area contributed by atoms with Crippen LogP contribution in [-0.4, -0.2) is 41.9 Å². The summed E-state index contributed by atoms with van der Waals surface area (Å²) in [7, 11) is -1.92. The van der Waals surface area contributed by atoms with Crippen molar-refractivity contribution in [2.45, 2.75) is 69.2 Å². The van der Waals surface area contributed by atoms with Crippen LogP contribution in [0.3, 0.4) is 0 Å². The van der Waals surface area contributed by atoms with Gasteiger partial charge < -0.3 is 5.32 Å². The second kappa shape index (κ2) is 8.28. The standard InChI is InChI=1S/C21H30N4O3S/c1-21(2,3)18-14-19(24-23-18)22-20(26)15-10-12-17(13-11-15)29(27,28)25(4)16-8-6-5-7-9-16/h10-14,16H,5-9H2,1-4H3,(H2,22,23,24,26). The number of sulfonamides is 1. The maximum atomic E-state index is 12.9. The fourth-order valence-electron chi connectivity index (χ4n) is 3.54. The number of H-pyrrole nitrogens is 1. The molecule has 0 saturated heterocycles. The van der Waals surface area contributed by atoms with E-state index < -0.39 is 10.0 Å². The molecule has 0 atom stereocenters. The molecule has 1 aromatic heterocycles. The Kier molecular flexibility index (Phi) is 6.14. The molecule has 0 radical (unpaired) electrons. The maximum Gasteiger partial charge on any atom is 0.256 e. The zero-order valence-electron chi connectivity index (χ0n) is 17.5. The molecule has 1 aliphatic carbocycles. The smallest absolute Gasteiger partial charge is 0.256 e. The van der Waals surface area contributed by atoms with E-state index in [-0.39, 0.29) is 22.3 Å². The number of carbonyl (C=O) groups excluding carboxylic acids is 1. The van der Waals surface area contributed by atoms with Crippen LogP contribution in [0.5, 0.6) is 0 Å². The molecule has 0 bridgehead atoms. The van der Waals surface area contributed by atoms with Gasteiger partial charge in [0.25, 0.3) is 5.91 Å². The lowest BCUT2D eigenvalue weighted by atomic mass is 9.92. The predicted molar refractivity (Wildman–Crippen MR) is 114 cm³/mol. The summed E-state index contributed by atoms with van der Waals surface area (Å²) in [6.45, 7) is 6.15. The van der Waals surface area contributed by atoms with E-state index in [2.05, 4.69) is 36.3 Å². The largest absolute Gasteiger partial charge is 0.305 e. The molecule has 2 aromatic rings. The third kappa shape index (κ3) is 4.87. The van der Waals surface area contributed by atoms with E-state index in [1.165, 1.54) is 35.0 Å². The fourth-order valence-corrected chi connectivity index (χ4v) is 4.96.